The maximum Gasteiger partial charge on any atom is 1.00 e. The zero-order valence-corrected chi connectivity index (χ0v) is 9.77. The average Bonchev–Trinajstić information content (AvgIpc) is 2.18. The molecular formula is C10H9Li2N3O. The van der Waals surface area contributed by atoms with Crippen LogP contribution in [0.4, 0.5) is 5.69 Å². The van der Waals surface area contributed by atoms with Crippen molar-refractivity contribution in [1.29, 1.82) is 0 Å². The number of amides is 1. The van der Waals surface area contributed by atoms with Gasteiger partial charge in [0.2, 0.25) is 0 Å². The molecule has 0 unspecified atom stereocenters. The standard InChI is InChI=1S/C10H10N3O.2Li/c1-7-12-9-6-4-3-5-8(9)10(14)13(7)11-2;;/h3-6H,1H2,2H3,(H,12,14);;/q-1;2*+1/p-1. The fraction of sp³-hybridized carbons (Fsp3) is 0.100. The first-order chi connectivity index (χ1) is 6.74. The third kappa shape index (κ3) is 2.55. The second kappa shape index (κ2) is 6.20. The van der Waals surface area contributed by atoms with Crippen molar-refractivity contribution in [2.24, 2.45) is 0 Å². The molecule has 0 saturated carbocycles. The van der Waals surface area contributed by atoms with E-state index in [1.165, 1.54) is 12.1 Å². The monoisotopic (exact) mass is 201 g/mol. The molecule has 1 aromatic carbocycles. The number of benzene rings is 1. The SMILES string of the molecule is C=C1[N-]c2ccccc2C(=O)N1[N-]C.[Li+].[Li+]. The van der Waals surface area contributed by atoms with Gasteiger partial charge in [-0.25, -0.2) is 0 Å². The zero-order chi connectivity index (χ0) is 10.1. The molecule has 1 aliphatic rings. The Bertz CT molecular complexity index is 409. The fourth-order valence-electron chi connectivity index (χ4n) is 1.38. The van der Waals surface area contributed by atoms with Gasteiger partial charge < -0.3 is 15.8 Å². The Balaban J connectivity index is 0.00000112. The number of fused-ring (bicyclic) bond motifs is 1. The Hall–Kier alpha value is -0.615. The minimum Gasteiger partial charge on any atom is -0.664 e. The van der Waals surface area contributed by atoms with Crippen LogP contribution >= 0.6 is 0 Å². The quantitative estimate of drug-likeness (QED) is 0.436. The first-order valence-corrected chi connectivity index (χ1v) is 4.18. The van der Waals surface area contributed by atoms with Crippen molar-refractivity contribution in [3.63, 3.8) is 0 Å². The van der Waals surface area contributed by atoms with E-state index in [1.54, 1.807) is 18.2 Å². The largest absolute Gasteiger partial charge is 1.00 e. The summed E-state index contributed by atoms with van der Waals surface area (Å²) in [6.07, 6.45) is 0. The Morgan fingerprint density at radius 3 is 2.56 bits per heavy atom. The van der Waals surface area contributed by atoms with Crippen molar-refractivity contribution < 1.29 is 42.5 Å². The second-order valence-electron chi connectivity index (χ2n) is 2.86. The molecule has 1 amide bonds. The van der Waals surface area contributed by atoms with E-state index in [1.807, 2.05) is 6.07 Å². The molecule has 4 nitrogen and oxygen atoms in total. The van der Waals surface area contributed by atoms with Gasteiger partial charge in [-0.2, -0.15) is 7.05 Å². The van der Waals surface area contributed by atoms with E-state index in [0.717, 1.165) is 0 Å². The van der Waals surface area contributed by atoms with Crippen LogP contribution in [-0.4, -0.2) is 18.0 Å². The van der Waals surface area contributed by atoms with E-state index in [9.17, 15) is 4.79 Å². The molecule has 0 radical (unpaired) electrons. The summed E-state index contributed by atoms with van der Waals surface area (Å²) in [5, 5.41) is 5.36. The molecule has 0 spiro atoms. The van der Waals surface area contributed by atoms with Crippen molar-refractivity contribution in [3.8, 4) is 0 Å². The van der Waals surface area contributed by atoms with Gasteiger partial charge in [0.05, 0.1) is 0 Å². The van der Waals surface area contributed by atoms with Crippen molar-refractivity contribution in [1.82, 2.24) is 5.01 Å². The van der Waals surface area contributed by atoms with Crippen molar-refractivity contribution in [3.05, 3.63) is 53.0 Å². The minimum atomic E-state index is -0.178. The third-order valence-electron chi connectivity index (χ3n) is 2.02. The van der Waals surface area contributed by atoms with Crippen LogP contribution in [0, 0.1) is 0 Å². The summed E-state index contributed by atoms with van der Waals surface area (Å²) in [5.74, 6) is 0.180. The summed E-state index contributed by atoms with van der Waals surface area (Å²) in [4.78, 5) is 11.8. The summed E-state index contributed by atoms with van der Waals surface area (Å²) in [5.41, 5.74) is 5.01. The van der Waals surface area contributed by atoms with Crippen LogP contribution < -0.4 is 37.7 Å². The number of rotatable bonds is 1. The van der Waals surface area contributed by atoms with Gasteiger partial charge in [-0.3, -0.25) is 4.79 Å². The van der Waals surface area contributed by atoms with Gasteiger partial charge >= 0.3 is 37.7 Å². The number of hydrogen-bond donors (Lipinski definition) is 0. The van der Waals surface area contributed by atoms with Crippen molar-refractivity contribution in [2.75, 3.05) is 7.05 Å². The van der Waals surface area contributed by atoms with Gasteiger partial charge in [0, 0.05) is 5.56 Å². The first-order valence-electron chi connectivity index (χ1n) is 4.18. The van der Waals surface area contributed by atoms with Gasteiger partial charge in [0.1, 0.15) is 0 Å². The molecular weight excluding hydrogens is 192 g/mol. The number of carbonyl (C=O) groups excluding carboxylic acids is 1. The second-order valence-corrected chi connectivity index (χ2v) is 2.86. The van der Waals surface area contributed by atoms with Crippen LogP contribution in [0.25, 0.3) is 10.7 Å². The molecule has 2 rings (SSSR count). The van der Waals surface area contributed by atoms with Crippen molar-refractivity contribution >= 4 is 11.6 Å². The predicted molar refractivity (Wildman–Crippen MR) is 54.1 cm³/mol. The van der Waals surface area contributed by atoms with Crippen LogP contribution in [0.15, 0.2) is 36.7 Å². The van der Waals surface area contributed by atoms with Crippen LogP contribution in [0.5, 0.6) is 0 Å². The molecule has 1 heterocycles. The van der Waals surface area contributed by atoms with Gasteiger partial charge in [-0.15, -0.1) is 6.58 Å². The molecule has 0 aliphatic carbocycles. The average molecular weight is 201 g/mol. The summed E-state index contributed by atoms with van der Waals surface area (Å²) in [6, 6.07) is 7.15. The topological polar surface area (TPSA) is 48.5 Å². The van der Waals surface area contributed by atoms with Gasteiger partial charge in [-0.1, -0.05) is 30.1 Å². The van der Waals surface area contributed by atoms with Crippen LogP contribution in [0.2, 0.25) is 0 Å². The molecule has 6 heteroatoms. The van der Waals surface area contributed by atoms with Crippen LogP contribution in [0.3, 0.4) is 0 Å². The minimum absolute atomic E-state index is 0. The fourth-order valence-corrected chi connectivity index (χ4v) is 1.38. The van der Waals surface area contributed by atoms with E-state index in [0.29, 0.717) is 17.1 Å². The van der Waals surface area contributed by atoms with E-state index in [2.05, 4.69) is 17.3 Å². The van der Waals surface area contributed by atoms with Gasteiger partial charge in [0.25, 0.3) is 0 Å². The van der Waals surface area contributed by atoms with Gasteiger partial charge in [-0.05, 0) is 5.69 Å². The molecule has 16 heavy (non-hydrogen) atoms. The molecule has 1 aromatic rings. The van der Waals surface area contributed by atoms with E-state index in [4.69, 9.17) is 0 Å². The summed E-state index contributed by atoms with van der Waals surface area (Å²) >= 11 is 0. The molecule has 0 N–H and O–H groups in total. The normalized spacial score (nSPS) is 13.2. The maximum absolute atomic E-state index is 11.8. The Kier molecular flexibility index (Phi) is 5.96. The molecule has 0 aromatic heterocycles. The molecule has 72 valence electrons. The molecule has 0 fully saturated rings. The van der Waals surface area contributed by atoms with Crippen LogP contribution in [0.1, 0.15) is 10.4 Å². The zero-order valence-electron chi connectivity index (χ0n) is 9.77. The summed E-state index contributed by atoms with van der Waals surface area (Å²) < 4.78 is 0. The number of para-hydroxylation sites is 1. The van der Waals surface area contributed by atoms with Gasteiger partial charge in [0.15, 0.2) is 5.91 Å². The number of nitrogens with zero attached hydrogens (tertiary/aromatic N) is 3. The number of hydrogen-bond acceptors (Lipinski definition) is 1. The Labute approximate surface area is 119 Å². The Morgan fingerprint density at radius 2 is 1.94 bits per heavy atom. The van der Waals surface area contributed by atoms with E-state index in [-0.39, 0.29) is 43.6 Å². The summed E-state index contributed by atoms with van der Waals surface area (Å²) in [7, 11) is 1.53. The first kappa shape index (κ1) is 15.4. The van der Waals surface area contributed by atoms with Crippen LogP contribution in [-0.2, 0) is 0 Å². The molecule has 1 aliphatic heterocycles. The maximum atomic E-state index is 11.8. The molecule has 0 bridgehead atoms. The Morgan fingerprint density at radius 1 is 1.31 bits per heavy atom. The number of carbonyl (C=O) groups is 1. The van der Waals surface area contributed by atoms with E-state index < -0.39 is 0 Å². The van der Waals surface area contributed by atoms with Crippen molar-refractivity contribution in [2.45, 2.75) is 0 Å². The smallest absolute Gasteiger partial charge is 0.664 e. The molecule has 0 atom stereocenters. The van der Waals surface area contributed by atoms with E-state index >= 15 is 0 Å². The molecule has 0 saturated heterocycles. The summed E-state index contributed by atoms with van der Waals surface area (Å²) in [6.45, 7) is 3.66. The predicted octanol–water partition coefficient (Wildman–Crippen LogP) is -3.45. The third-order valence-corrected chi connectivity index (χ3v) is 2.02.